The molecule has 0 unspecified atom stereocenters. The summed E-state index contributed by atoms with van der Waals surface area (Å²) in [7, 11) is 3.33. The third kappa shape index (κ3) is 8.97. The maximum Gasteiger partial charge on any atom is 0.319 e. The van der Waals surface area contributed by atoms with E-state index < -0.39 is 0 Å². The highest BCUT2D eigenvalue weighted by Gasteiger charge is 2.20. The molecule has 0 atom stereocenters. The number of likely N-dealkylation sites (tertiary alicyclic amines) is 1. The zero-order valence-corrected chi connectivity index (χ0v) is 27.0. The fourth-order valence-electron chi connectivity index (χ4n) is 5.90. The number of hydrogen-bond acceptors (Lipinski definition) is 8. The van der Waals surface area contributed by atoms with Crippen LogP contribution >= 0.6 is 0 Å². The number of methoxy groups -OCH3 is 2. The number of nitrogens with one attached hydrogen (secondary N) is 1. The first-order valence-electron chi connectivity index (χ1n) is 16.4. The van der Waals surface area contributed by atoms with Crippen LogP contribution in [0, 0.1) is 0 Å². The van der Waals surface area contributed by atoms with Crippen molar-refractivity contribution in [1.82, 2.24) is 19.9 Å². The molecule has 0 radical (unpaired) electrons. The number of rotatable bonds is 17. The van der Waals surface area contributed by atoms with Crippen molar-refractivity contribution >= 4 is 16.9 Å². The van der Waals surface area contributed by atoms with Crippen molar-refractivity contribution in [3.05, 3.63) is 81.6 Å². The van der Waals surface area contributed by atoms with Crippen molar-refractivity contribution in [3.63, 3.8) is 0 Å². The van der Waals surface area contributed by atoms with E-state index in [1.54, 1.807) is 20.3 Å². The molecule has 45 heavy (non-hydrogen) atoms. The largest absolute Gasteiger partial charge is 0.497 e. The van der Waals surface area contributed by atoms with Crippen LogP contribution in [0.5, 0.6) is 17.5 Å². The average molecular weight is 614 g/mol. The summed E-state index contributed by atoms with van der Waals surface area (Å²) in [6, 6.07) is 18.1. The third-order valence-corrected chi connectivity index (χ3v) is 8.44. The van der Waals surface area contributed by atoms with Gasteiger partial charge in [-0.2, -0.15) is 9.97 Å². The van der Waals surface area contributed by atoms with Gasteiger partial charge in [-0.25, -0.2) is 0 Å². The number of aromatic amines is 1. The van der Waals surface area contributed by atoms with Crippen molar-refractivity contribution in [2.24, 2.45) is 0 Å². The first-order valence-corrected chi connectivity index (χ1v) is 16.4. The summed E-state index contributed by atoms with van der Waals surface area (Å²) in [5, 5.41) is 0. The minimum atomic E-state index is -0.145. The van der Waals surface area contributed by atoms with E-state index >= 15 is 0 Å². The Morgan fingerprint density at radius 3 is 2.09 bits per heavy atom. The van der Waals surface area contributed by atoms with Crippen LogP contribution in [0.3, 0.4) is 0 Å². The van der Waals surface area contributed by atoms with Crippen molar-refractivity contribution < 1.29 is 14.2 Å². The Kier molecular flexibility index (Phi) is 11.7. The number of ether oxygens (including phenoxy) is 3. The van der Waals surface area contributed by atoms with Crippen molar-refractivity contribution in [2.75, 3.05) is 45.4 Å². The highest BCUT2D eigenvalue weighted by Crippen LogP contribution is 2.30. The molecule has 1 N–H and O–H groups in total. The molecule has 0 bridgehead atoms. The van der Waals surface area contributed by atoms with Gasteiger partial charge in [0.15, 0.2) is 5.82 Å². The van der Waals surface area contributed by atoms with Crippen LogP contribution in [0.25, 0.3) is 11.0 Å². The molecule has 0 aliphatic carbocycles. The number of nitrogens with zero attached hydrogens (tertiary/aromatic N) is 4. The number of unbranched alkanes of at least 4 members (excludes halogenated alkanes) is 3. The summed E-state index contributed by atoms with van der Waals surface area (Å²) >= 11 is 0. The normalized spacial score (nSPS) is 13.3. The summed E-state index contributed by atoms with van der Waals surface area (Å²) in [4.78, 5) is 30.7. The Balaban J connectivity index is 1.50. The van der Waals surface area contributed by atoms with Gasteiger partial charge >= 0.3 is 6.01 Å². The third-order valence-electron chi connectivity index (χ3n) is 8.44. The van der Waals surface area contributed by atoms with E-state index in [-0.39, 0.29) is 5.56 Å². The van der Waals surface area contributed by atoms with Crippen molar-refractivity contribution in [1.29, 1.82) is 0 Å². The second-order valence-corrected chi connectivity index (χ2v) is 11.8. The zero-order chi connectivity index (χ0) is 31.4. The van der Waals surface area contributed by atoms with Crippen LogP contribution in [0.15, 0.2) is 59.4 Å². The van der Waals surface area contributed by atoms with E-state index in [2.05, 4.69) is 46.0 Å². The first-order chi connectivity index (χ1) is 22.1. The molecule has 1 fully saturated rings. The maximum absolute atomic E-state index is 13.1. The zero-order valence-electron chi connectivity index (χ0n) is 27.0. The smallest absolute Gasteiger partial charge is 0.319 e. The van der Waals surface area contributed by atoms with Gasteiger partial charge in [-0.1, -0.05) is 44.0 Å². The fourth-order valence-corrected chi connectivity index (χ4v) is 5.90. The van der Waals surface area contributed by atoms with Gasteiger partial charge in [0.25, 0.3) is 0 Å². The average Bonchev–Trinajstić information content (AvgIpc) is 3.58. The van der Waals surface area contributed by atoms with E-state index in [0.717, 1.165) is 72.4 Å². The lowest BCUT2D eigenvalue weighted by Crippen LogP contribution is -2.25. The monoisotopic (exact) mass is 613 g/mol. The molecule has 2 aromatic heterocycles. The van der Waals surface area contributed by atoms with Crippen LogP contribution in [-0.2, 0) is 19.5 Å². The molecule has 0 saturated carbocycles. The molecule has 5 rings (SSSR count). The van der Waals surface area contributed by atoms with Gasteiger partial charge in [0.2, 0.25) is 5.56 Å². The SMILES string of the molecule is CCCCOc1nc(N(Cc2ccc(OC)cc2)Cc2ccc(OC)cc2)c2[nH]c(=O)cc(CCCCCN3CCCC3)c2n1. The van der Waals surface area contributed by atoms with Gasteiger partial charge in [-0.15, -0.1) is 0 Å². The Bertz CT molecular complexity index is 1500. The summed E-state index contributed by atoms with van der Waals surface area (Å²) in [6.07, 6.45) is 8.62. The minimum absolute atomic E-state index is 0.145. The van der Waals surface area contributed by atoms with Gasteiger partial charge < -0.3 is 29.0 Å². The van der Waals surface area contributed by atoms with Crippen LogP contribution in [-0.4, -0.2) is 60.3 Å². The van der Waals surface area contributed by atoms with Gasteiger partial charge in [0, 0.05) is 19.2 Å². The molecule has 4 aromatic rings. The molecular weight excluding hydrogens is 566 g/mol. The molecule has 1 saturated heterocycles. The molecule has 3 heterocycles. The van der Waals surface area contributed by atoms with Crippen LogP contribution < -0.4 is 24.7 Å². The quantitative estimate of drug-likeness (QED) is 0.134. The van der Waals surface area contributed by atoms with E-state index in [1.807, 2.05) is 24.3 Å². The molecule has 1 aliphatic heterocycles. The van der Waals surface area contributed by atoms with Crippen LogP contribution in [0.2, 0.25) is 0 Å². The predicted octanol–water partition coefficient (Wildman–Crippen LogP) is 6.53. The lowest BCUT2D eigenvalue weighted by molar-refractivity contribution is 0.286. The molecule has 0 spiro atoms. The molecule has 240 valence electrons. The number of anilines is 1. The second-order valence-electron chi connectivity index (χ2n) is 11.8. The number of fused-ring (bicyclic) bond motifs is 1. The minimum Gasteiger partial charge on any atom is -0.497 e. The lowest BCUT2D eigenvalue weighted by atomic mass is 10.1. The van der Waals surface area contributed by atoms with Crippen molar-refractivity contribution in [3.8, 4) is 17.5 Å². The molecular formula is C36H47N5O4. The Labute approximate surface area is 266 Å². The molecule has 9 nitrogen and oxygen atoms in total. The number of H-pyrrole nitrogens is 1. The Morgan fingerprint density at radius 2 is 1.49 bits per heavy atom. The molecule has 1 aliphatic rings. The predicted molar refractivity (Wildman–Crippen MR) is 180 cm³/mol. The van der Waals surface area contributed by atoms with Gasteiger partial charge in [0.1, 0.15) is 17.0 Å². The number of benzene rings is 2. The lowest BCUT2D eigenvalue weighted by Gasteiger charge is -2.26. The Hall–Kier alpha value is -4.11. The number of hydrogen-bond donors (Lipinski definition) is 1. The van der Waals surface area contributed by atoms with Crippen LogP contribution in [0.1, 0.15) is 68.6 Å². The fraction of sp³-hybridized carbons (Fsp3) is 0.472. The summed E-state index contributed by atoms with van der Waals surface area (Å²) < 4.78 is 16.9. The standard InChI is InChI=1S/C36H47N5O4/c1-4-5-23-45-36-38-33-29(11-7-6-8-20-40-21-9-10-22-40)24-32(42)37-34(33)35(39-36)41(25-27-12-16-30(43-2)17-13-27)26-28-14-18-31(44-3)19-15-28/h12-19,24H,4-11,20-23,25-26H2,1-3H3,(H,37,42). The highest BCUT2D eigenvalue weighted by molar-refractivity contribution is 5.88. The topological polar surface area (TPSA) is 92.8 Å². The van der Waals surface area contributed by atoms with Crippen LogP contribution in [0.4, 0.5) is 5.82 Å². The highest BCUT2D eigenvalue weighted by atomic mass is 16.5. The maximum atomic E-state index is 13.1. The van der Waals surface area contributed by atoms with Gasteiger partial charge in [-0.05, 0) is 99.1 Å². The number of pyridine rings is 1. The van der Waals surface area contributed by atoms with E-state index in [4.69, 9.17) is 24.2 Å². The molecule has 2 aromatic carbocycles. The number of aromatic nitrogens is 3. The second kappa shape index (κ2) is 16.3. The van der Waals surface area contributed by atoms with E-state index in [0.29, 0.717) is 37.0 Å². The van der Waals surface area contributed by atoms with Crippen molar-refractivity contribution in [2.45, 2.75) is 71.4 Å². The summed E-state index contributed by atoms with van der Waals surface area (Å²) in [5.74, 6) is 2.24. The number of aryl methyl sites for hydroxylation is 1. The molecule has 9 heteroatoms. The van der Waals surface area contributed by atoms with E-state index in [1.165, 1.54) is 32.4 Å². The van der Waals surface area contributed by atoms with Gasteiger partial charge in [-0.3, -0.25) is 4.79 Å². The summed E-state index contributed by atoms with van der Waals surface area (Å²) in [5.41, 5.74) is 4.35. The Morgan fingerprint density at radius 1 is 0.844 bits per heavy atom. The molecule has 0 amide bonds. The summed E-state index contributed by atoms with van der Waals surface area (Å²) in [6.45, 7) is 7.38. The van der Waals surface area contributed by atoms with E-state index in [9.17, 15) is 4.79 Å². The van der Waals surface area contributed by atoms with Gasteiger partial charge in [0.05, 0.1) is 26.3 Å². The first kappa shape index (κ1) is 32.3.